The number of nitrogens with one attached hydrogen (secondary N) is 1. The summed E-state index contributed by atoms with van der Waals surface area (Å²) < 4.78 is 7.88. The Labute approximate surface area is 119 Å². The van der Waals surface area contributed by atoms with Gasteiger partial charge in [0.2, 0.25) is 0 Å². The topological polar surface area (TPSA) is 64.3 Å². The number of amides is 1. The van der Waals surface area contributed by atoms with E-state index in [0.29, 0.717) is 6.61 Å². The second kappa shape index (κ2) is 5.20. The largest absolute Gasteiger partial charge is 0.376 e. The summed E-state index contributed by atoms with van der Waals surface area (Å²) in [5.74, 6) is -0.0433. The van der Waals surface area contributed by atoms with Crippen LogP contribution in [0.15, 0.2) is 17.5 Å². The lowest BCUT2D eigenvalue weighted by Gasteiger charge is -2.42. The van der Waals surface area contributed by atoms with Gasteiger partial charge in [0, 0.05) is 22.0 Å². The summed E-state index contributed by atoms with van der Waals surface area (Å²) in [7, 11) is 0. The van der Waals surface area contributed by atoms with Crippen molar-refractivity contribution in [3.63, 3.8) is 0 Å². The first-order chi connectivity index (χ1) is 9.19. The molecule has 1 saturated carbocycles. The first-order valence-electron chi connectivity index (χ1n) is 6.34. The van der Waals surface area contributed by atoms with Crippen LogP contribution in [0.4, 0.5) is 0 Å². The van der Waals surface area contributed by atoms with E-state index < -0.39 is 0 Å². The molecule has 3 atom stereocenters. The Morgan fingerprint density at radius 1 is 1.58 bits per heavy atom. The number of nitrogens with two attached hydrogens (primary N) is 1. The van der Waals surface area contributed by atoms with Crippen molar-refractivity contribution in [1.29, 1.82) is 0 Å². The van der Waals surface area contributed by atoms with Crippen molar-refractivity contribution in [1.82, 2.24) is 5.32 Å². The van der Waals surface area contributed by atoms with Gasteiger partial charge in [0.15, 0.2) is 0 Å². The van der Waals surface area contributed by atoms with Crippen molar-refractivity contribution in [3.05, 3.63) is 22.4 Å². The quantitative estimate of drug-likeness (QED) is 0.909. The molecule has 0 bridgehead atoms. The minimum Gasteiger partial charge on any atom is -0.376 e. The van der Waals surface area contributed by atoms with Crippen molar-refractivity contribution in [3.8, 4) is 0 Å². The zero-order valence-electron chi connectivity index (χ0n) is 10.6. The van der Waals surface area contributed by atoms with E-state index in [1.54, 1.807) is 11.3 Å². The molecule has 6 heteroatoms. The van der Waals surface area contributed by atoms with Gasteiger partial charge in [-0.1, -0.05) is 0 Å². The molecule has 3 unspecified atom stereocenters. The lowest BCUT2D eigenvalue weighted by atomic mass is 9.83. The van der Waals surface area contributed by atoms with E-state index in [0.717, 1.165) is 20.7 Å². The molecule has 1 aliphatic rings. The normalized spacial score (nSPS) is 26.3. The van der Waals surface area contributed by atoms with Gasteiger partial charge in [0.25, 0.3) is 5.91 Å². The van der Waals surface area contributed by atoms with Crippen LogP contribution < -0.4 is 11.1 Å². The molecule has 2 heterocycles. The van der Waals surface area contributed by atoms with Gasteiger partial charge in [-0.05, 0) is 30.9 Å². The van der Waals surface area contributed by atoms with Crippen LogP contribution in [0, 0.1) is 0 Å². The summed E-state index contributed by atoms with van der Waals surface area (Å²) in [5.41, 5.74) is 5.94. The van der Waals surface area contributed by atoms with E-state index in [-0.39, 0.29) is 24.1 Å². The van der Waals surface area contributed by atoms with E-state index >= 15 is 0 Å². The molecule has 2 aromatic heterocycles. The molecule has 3 rings (SSSR count). The molecule has 0 aliphatic heterocycles. The van der Waals surface area contributed by atoms with E-state index in [9.17, 15) is 4.79 Å². The van der Waals surface area contributed by atoms with Crippen LogP contribution in [-0.4, -0.2) is 30.7 Å². The van der Waals surface area contributed by atoms with Gasteiger partial charge in [0.1, 0.15) is 0 Å². The number of hydrogen-bond acceptors (Lipinski definition) is 5. The van der Waals surface area contributed by atoms with Gasteiger partial charge in [-0.3, -0.25) is 4.79 Å². The highest BCUT2D eigenvalue weighted by Gasteiger charge is 2.40. The van der Waals surface area contributed by atoms with Crippen LogP contribution in [-0.2, 0) is 4.74 Å². The third kappa shape index (κ3) is 2.41. The summed E-state index contributed by atoms with van der Waals surface area (Å²) in [4.78, 5) is 13.0. The fourth-order valence-corrected chi connectivity index (χ4v) is 4.34. The highest BCUT2D eigenvalue weighted by molar-refractivity contribution is 7.27. The van der Waals surface area contributed by atoms with E-state index in [4.69, 9.17) is 10.5 Å². The Morgan fingerprint density at radius 3 is 3.11 bits per heavy atom. The molecule has 1 aliphatic carbocycles. The third-order valence-corrected chi connectivity index (χ3v) is 5.50. The van der Waals surface area contributed by atoms with Crippen LogP contribution in [0.2, 0.25) is 0 Å². The average Bonchev–Trinajstić information content (AvgIpc) is 2.96. The zero-order valence-corrected chi connectivity index (χ0v) is 12.2. The Kier molecular flexibility index (Phi) is 3.58. The fraction of sp³-hybridized carbons (Fsp3) is 0.462. The molecule has 19 heavy (non-hydrogen) atoms. The second-order valence-electron chi connectivity index (χ2n) is 4.65. The molecular formula is C13H16N2O2S2. The summed E-state index contributed by atoms with van der Waals surface area (Å²) in [6.07, 6.45) is 0.878. The minimum absolute atomic E-state index is 0.00146. The molecule has 3 N–H and O–H groups in total. The van der Waals surface area contributed by atoms with E-state index in [1.165, 1.54) is 11.3 Å². The number of rotatable bonds is 4. The monoisotopic (exact) mass is 296 g/mol. The Bertz CT molecular complexity index is 562. The Morgan fingerprint density at radius 2 is 2.42 bits per heavy atom. The van der Waals surface area contributed by atoms with Crippen molar-refractivity contribution in [2.75, 3.05) is 6.61 Å². The molecule has 0 aromatic carbocycles. The molecule has 2 aromatic rings. The van der Waals surface area contributed by atoms with Crippen LogP contribution in [0.1, 0.15) is 23.0 Å². The van der Waals surface area contributed by atoms with Gasteiger partial charge in [-0.15, -0.1) is 22.7 Å². The van der Waals surface area contributed by atoms with Crippen LogP contribution in [0.5, 0.6) is 0 Å². The maximum absolute atomic E-state index is 12.2. The molecule has 4 nitrogen and oxygen atoms in total. The highest BCUT2D eigenvalue weighted by Crippen LogP contribution is 2.30. The Balaban J connectivity index is 1.69. The SMILES string of the molecule is CCOC1CC(N)C1NC(=O)c1cc2sccc2s1. The fourth-order valence-electron chi connectivity index (χ4n) is 2.33. The van der Waals surface area contributed by atoms with Gasteiger partial charge in [0.05, 0.1) is 17.0 Å². The van der Waals surface area contributed by atoms with E-state index in [1.807, 2.05) is 24.4 Å². The number of thiophene rings is 2. The molecule has 0 radical (unpaired) electrons. The summed E-state index contributed by atoms with van der Waals surface area (Å²) in [5, 5.41) is 5.03. The second-order valence-corrected chi connectivity index (χ2v) is 6.68. The first-order valence-corrected chi connectivity index (χ1v) is 8.03. The minimum atomic E-state index is -0.0624. The van der Waals surface area contributed by atoms with Gasteiger partial charge >= 0.3 is 0 Å². The molecule has 0 spiro atoms. The number of ether oxygens (including phenoxy) is 1. The van der Waals surface area contributed by atoms with Gasteiger partial charge in [-0.2, -0.15) is 0 Å². The molecule has 1 fully saturated rings. The maximum Gasteiger partial charge on any atom is 0.261 e. The molecule has 0 saturated heterocycles. The lowest BCUT2D eigenvalue weighted by Crippen LogP contribution is -2.64. The van der Waals surface area contributed by atoms with Crippen molar-refractivity contribution >= 4 is 38.0 Å². The number of carbonyl (C=O) groups is 1. The summed E-state index contributed by atoms with van der Waals surface area (Å²) in [6.45, 7) is 2.61. The van der Waals surface area contributed by atoms with Crippen molar-refractivity contribution in [2.45, 2.75) is 31.5 Å². The first kappa shape index (κ1) is 13.1. The van der Waals surface area contributed by atoms with Crippen molar-refractivity contribution in [2.24, 2.45) is 5.73 Å². The standard InChI is InChI=1S/C13H16N2O2S2/c1-2-17-8-5-7(14)12(8)15-13(16)11-6-10-9(19-11)3-4-18-10/h3-4,6-8,12H,2,5,14H2,1H3,(H,15,16). The zero-order chi connectivity index (χ0) is 13.4. The Hall–Kier alpha value is -0.950. The van der Waals surface area contributed by atoms with Crippen LogP contribution in [0.25, 0.3) is 9.40 Å². The third-order valence-electron chi connectivity index (χ3n) is 3.41. The predicted molar refractivity (Wildman–Crippen MR) is 79.0 cm³/mol. The average molecular weight is 296 g/mol. The van der Waals surface area contributed by atoms with Crippen molar-refractivity contribution < 1.29 is 9.53 Å². The molecule has 1 amide bonds. The smallest absolute Gasteiger partial charge is 0.261 e. The highest BCUT2D eigenvalue weighted by atomic mass is 32.1. The predicted octanol–water partition coefficient (Wildman–Crippen LogP) is 2.20. The summed E-state index contributed by atoms with van der Waals surface area (Å²) in [6, 6.07) is 3.92. The van der Waals surface area contributed by atoms with Gasteiger partial charge in [-0.25, -0.2) is 0 Å². The molecule has 102 valence electrons. The summed E-state index contributed by atoms with van der Waals surface area (Å²) >= 11 is 3.18. The van der Waals surface area contributed by atoms with E-state index in [2.05, 4.69) is 5.32 Å². The van der Waals surface area contributed by atoms with Gasteiger partial charge < -0.3 is 15.8 Å². The van der Waals surface area contributed by atoms with Crippen LogP contribution in [0.3, 0.4) is 0 Å². The number of hydrogen-bond donors (Lipinski definition) is 2. The number of fused-ring (bicyclic) bond motifs is 1. The molecular weight excluding hydrogens is 280 g/mol. The maximum atomic E-state index is 12.2. The lowest BCUT2D eigenvalue weighted by molar-refractivity contribution is -0.0299. The number of carbonyl (C=O) groups excluding carboxylic acids is 1. The van der Waals surface area contributed by atoms with Crippen LogP contribution >= 0.6 is 22.7 Å².